The van der Waals surface area contributed by atoms with E-state index < -0.39 is 0 Å². The van der Waals surface area contributed by atoms with E-state index in [1.54, 1.807) is 20.2 Å². The van der Waals surface area contributed by atoms with Gasteiger partial charge in [-0.15, -0.1) is 6.58 Å². The highest BCUT2D eigenvalue weighted by Gasteiger charge is 2.15. The van der Waals surface area contributed by atoms with E-state index in [9.17, 15) is 5.21 Å². The molecule has 1 unspecified atom stereocenters. The van der Waals surface area contributed by atoms with Crippen molar-refractivity contribution in [1.29, 1.82) is 0 Å². The third kappa shape index (κ3) is 4.14. The predicted molar refractivity (Wildman–Crippen MR) is 47.8 cm³/mol. The molecular formula is C8H18N2O. The van der Waals surface area contributed by atoms with Gasteiger partial charge in [0.05, 0.1) is 14.1 Å². The molecule has 0 aromatic carbocycles. The number of nitrogens with zero attached hydrogens (tertiary/aromatic N) is 1. The van der Waals surface area contributed by atoms with Crippen LogP contribution in [0.25, 0.3) is 0 Å². The number of nitrogens with one attached hydrogen (secondary N) is 1. The van der Waals surface area contributed by atoms with Crippen molar-refractivity contribution in [2.45, 2.75) is 19.5 Å². The van der Waals surface area contributed by atoms with Crippen molar-refractivity contribution >= 4 is 0 Å². The van der Waals surface area contributed by atoms with E-state index >= 15 is 0 Å². The lowest BCUT2D eigenvalue weighted by atomic mass is 10.3. The van der Waals surface area contributed by atoms with Crippen LogP contribution in [0, 0.1) is 5.21 Å². The van der Waals surface area contributed by atoms with Crippen molar-refractivity contribution in [3.63, 3.8) is 0 Å². The summed E-state index contributed by atoms with van der Waals surface area (Å²) in [5.74, 6) is 0. The summed E-state index contributed by atoms with van der Waals surface area (Å²) in [4.78, 5) is 0. The fourth-order valence-electron chi connectivity index (χ4n) is 1.02. The van der Waals surface area contributed by atoms with Crippen LogP contribution in [0.3, 0.4) is 0 Å². The Morgan fingerprint density at radius 1 is 1.64 bits per heavy atom. The summed E-state index contributed by atoms with van der Waals surface area (Å²) >= 11 is 0. The molecule has 0 aliphatic heterocycles. The van der Waals surface area contributed by atoms with Gasteiger partial charge in [-0.2, -0.15) is 0 Å². The molecule has 0 aliphatic rings. The van der Waals surface area contributed by atoms with Crippen LogP contribution in [-0.2, 0) is 0 Å². The second-order valence-electron chi connectivity index (χ2n) is 3.06. The first-order valence-electron chi connectivity index (χ1n) is 3.91. The highest BCUT2D eigenvalue weighted by molar-refractivity contribution is 4.71. The Balaban J connectivity index is 3.85. The highest BCUT2D eigenvalue weighted by Crippen LogP contribution is 2.04. The largest absolute Gasteiger partial charge is 0.632 e. The maximum Gasteiger partial charge on any atom is 0.142 e. The van der Waals surface area contributed by atoms with Gasteiger partial charge in [-0.1, -0.05) is 13.0 Å². The van der Waals surface area contributed by atoms with E-state index in [1.807, 2.05) is 6.92 Å². The monoisotopic (exact) mass is 158 g/mol. The molecule has 1 atom stereocenters. The van der Waals surface area contributed by atoms with Gasteiger partial charge in [0.15, 0.2) is 0 Å². The Hall–Kier alpha value is -0.380. The fourth-order valence-corrected chi connectivity index (χ4v) is 1.02. The van der Waals surface area contributed by atoms with E-state index in [1.165, 1.54) is 0 Å². The molecule has 0 aliphatic carbocycles. The summed E-state index contributed by atoms with van der Waals surface area (Å²) in [6.07, 6.45) is 2.58. The van der Waals surface area contributed by atoms with Gasteiger partial charge in [0.1, 0.15) is 6.17 Å². The normalized spacial score (nSPS) is 14.5. The zero-order chi connectivity index (χ0) is 8.91. The first-order chi connectivity index (χ1) is 5.02. The average molecular weight is 158 g/mol. The molecule has 3 heteroatoms. The van der Waals surface area contributed by atoms with E-state index in [4.69, 9.17) is 0 Å². The molecule has 0 radical (unpaired) electrons. The molecule has 1 N–H and O–H groups in total. The molecule has 0 rings (SSSR count). The third-order valence-electron chi connectivity index (χ3n) is 1.64. The highest BCUT2D eigenvalue weighted by atomic mass is 16.5. The second-order valence-corrected chi connectivity index (χ2v) is 3.06. The van der Waals surface area contributed by atoms with Crippen molar-refractivity contribution < 1.29 is 4.65 Å². The van der Waals surface area contributed by atoms with Gasteiger partial charge in [-0.25, -0.2) is 0 Å². The summed E-state index contributed by atoms with van der Waals surface area (Å²) in [5.41, 5.74) is 0. The predicted octanol–water partition coefficient (Wildman–Crippen LogP) is 1.07. The molecule has 0 spiro atoms. The molecule has 0 amide bonds. The SMILES string of the molecule is C=CCNC(CC)[N+](C)(C)[O-]. The third-order valence-corrected chi connectivity index (χ3v) is 1.64. The van der Waals surface area contributed by atoms with Crippen LogP contribution in [0.5, 0.6) is 0 Å². The van der Waals surface area contributed by atoms with Crippen LogP contribution in [0.4, 0.5) is 0 Å². The van der Waals surface area contributed by atoms with Gasteiger partial charge >= 0.3 is 0 Å². The molecule has 0 heterocycles. The summed E-state index contributed by atoms with van der Waals surface area (Å²) in [6, 6.07) is 0. The number of hydrogen-bond donors (Lipinski definition) is 1. The van der Waals surface area contributed by atoms with Crippen molar-refractivity contribution in [3.8, 4) is 0 Å². The lowest BCUT2D eigenvalue weighted by molar-refractivity contribution is -0.870. The topological polar surface area (TPSA) is 35.1 Å². The number of hydrogen-bond acceptors (Lipinski definition) is 2. The van der Waals surface area contributed by atoms with Crippen LogP contribution in [0.1, 0.15) is 13.3 Å². The molecule has 3 nitrogen and oxygen atoms in total. The minimum atomic E-state index is -0.287. The molecule has 0 bridgehead atoms. The molecule has 0 fully saturated rings. The minimum Gasteiger partial charge on any atom is -0.632 e. The number of rotatable bonds is 5. The summed E-state index contributed by atoms with van der Waals surface area (Å²) < 4.78 is -0.287. The second kappa shape index (κ2) is 4.49. The van der Waals surface area contributed by atoms with Gasteiger partial charge in [-0.3, -0.25) is 5.32 Å². The minimum absolute atomic E-state index is 0.0204. The van der Waals surface area contributed by atoms with Gasteiger partial charge in [0.25, 0.3) is 0 Å². The Labute approximate surface area is 68.9 Å². The summed E-state index contributed by atoms with van der Waals surface area (Å²) in [5, 5.41) is 14.5. The van der Waals surface area contributed by atoms with Crippen LogP contribution >= 0.6 is 0 Å². The van der Waals surface area contributed by atoms with Crippen LogP contribution in [-0.4, -0.2) is 31.5 Å². The molecule has 0 saturated heterocycles. The zero-order valence-corrected chi connectivity index (χ0v) is 7.63. The Bertz CT molecular complexity index is 118. The number of hydroxylamine groups is 3. The van der Waals surface area contributed by atoms with E-state index in [2.05, 4.69) is 11.9 Å². The smallest absolute Gasteiger partial charge is 0.142 e. The van der Waals surface area contributed by atoms with Gasteiger partial charge < -0.3 is 9.85 Å². The van der Waals surface area contributed by atoms with Crippen molar-refractivity contribution in [2.75, 3.05) is 20.6 Å². The summed E-state index contributed by atoms with van der Waals surface area (Å²) in [7, 11) is 3.29. The van der Waals surface area contributed by atoms with Crippen molar-refractivity contribution in [2.24, 2.45) is 0 Å². The molecule has 66 valence electrons. The van der Waals surface area contributed by atoms with E-state index in [0.29, 0.717) is 6.54 Å². The Morgan fingerprint density at radius 3 is 2.45 bits per heavy atom. The molecular weight excluding hydrogens is 140 g/mol. The molecule has 0 aromatic heterocycles. The zero-order valence-electron chi connectivity index (χ0n) is 7.63. The first kappa shape index (κ1) is 10.6. The van der Waals surface area contributed by atoms with Gasteiger partial charge in [0, 0.05) is 13.0 Å². The fraction of sp³-hybridized carbons (Fsp3) is 0.750. The van der Waals surface area contributed by atoms with Crippen LogP contribution in [0.15, 0.2) is 12.7 Å². The van der Waals surface area contributed by atoms with Crippen LogP contribution < -0.4 is 5.32 Å². The maximum atomic E-state index is 11.4. The molecule has 0 aromatic rings. The quantitative estimate of drug-likeness (QED) is 0.281. The van der Waals surface area contributed by atoms with Gasteiger partial charge in [0.2, 0.25) is 0 Å². The Morgan fingerprint density at radius 2 is 2.18 bits per heavy atom. The van der Waals surface area contributed by atoms with Crippen LogP contribution in [0.2, 0.25) is 0 Å². The Kier molecular flexibility index (Phi) is 4.33. The van der Waals surface area contributed by atoms with E-state index in [0.717, 1.165) is 6.42 Å². The lowest BCUT2D eigenvalue weighted by Crippen LogP contribution is -2.51. The lowest BCUT2D eigenvalue weighted by Gasteiger charge is -2.41. The van der Waals surface area contributed by atoms with E-state index in [-0.39, 0.29) is 10.8 Å². The average Bonchev–Trinajstić information content (AvgIpc) is 1.87. The molecule has 11 heavy (non-hydrogen) atoms. The van der Waals surface area contributed by atoms with Crippen molar-refractivity contribution in [1.82, 2.24) is 5.32 Å². The standard InChI is InChI=1S/C8H18N2O/c1-5-7-9-8(6-2)10(3,4)11/h5,8-9H,1,6-7H2,2-4H3. The maximum absolute atomic E-state index is 11.4. The molecule has 0 saturated carbocycles. The number of quaternary nitrogens is 1. The first-order valence-corrected chi connectivity index (χ1v) is 3.91. The summed E-state index contributed by atoms with van der Waals surface area (Å²) in [6.45, 7) is 6.27. The van der Waals surface area contributed by atoms with Crippen molar-refractivity contribution in [3.05, 3.63) is 17.9 Å². The van der Waals surface area contributed by atoms with Gasteiger partial charge in [-0.05, 0) is 0 Å².